The number of anilines is 1. The van der Waals surface area contributed by atoms with Gasteiger partial charge in [0.1, 0.15) is 11.6 Å². The van der Waals surface area contributed by atoms with Crippen molar-refractivity contribution < 1.29 is 9.21 Å². The topological polar surface area (TPSA) is 58.4 Å². The first-order valence-electron chi connectivity index (χ1n) is 10.7. The number of aromatic nitrogens is 1. The molecular formula is C26H25N3O2. The van der Waals surface area contributed by atoms with Crippen LogP contribution in [0.25, 0.3) is 22.2 Å². The van der Waals surface area contributed by atoms with E-state index in [9.17, 15) is 4.79 Å². The smallest absolute Gasteiger partial charge is 0.322 e. The number of urea groups is 1. The molecule has 3 aromatic carbocycles. The third-order valence-electron chi connectivity index (χ3n) is 5.96. The fourth-order valence-corrected chi connectivity index (χ4v) is 4.25. The minimum Gasteiger partial charge on any atom is -0.438 e. The zero-order chi connectivity index (χ0) is 21.4. The molecule has 4 aromatic rings. The summed E-state index contributed by atoms with van der Waals surface area (Å²) in [4.78, 5) is 19.5. The molecule has 1 fully saturated rings. The van der Waals surface area contributed by atoms with E-state index in [-0.39, 0.29) is 12.1 Å². The van der Waals surface area contributed by atoms with Gasteiger partial charge in [-0.15, -0.1) is 0 Å². The molecule has 31 heavy (non-hydrogen) atoms. The Morgan fingerprint density at radius 3 is 2.68 bits per heavy atom. The molecule has 0 saturated carbocycles. The van der Waals surface area contributed by atoms with Crippen molar-refractivity contribution in [2.45, 2.75) is 32.7 Å². The van der Waals surface area contributed by atoms with E-state index >= 15 is 0 Å². The second-order valence-electron chi connectivity index (χ2n) is 8.20. The highest BCUT2D eigenvalue weighted by molar-refractivity contribution is 5.90. The summed E-state index contributed by atoms with van der Waals surface area (Å²) < 4.78 is 6.09. The Hall–Kier alpha value is -3.60. The number of hydrogen-bond acceptors (Lipinski definition) is 3. The van der Waals surface area contributed by atoms with Crippen LogP contribution >= 0.6 is 0 Å². The van der Waals surface area contributed by atoms with Gasteiger partial charge in [-0.05, 0) is 67.6 Å². The Morgan fingerprint density at radius 1 is 1.06 bits per heavy atom. The number of oxazole rings is 1. The highest BCUT2D eigenvalue weighted by Crippen LogP contribution is 2.35. The van der Waals surface area contributed by atoms with E-state index in [0.29, 0.717) is 12.4 Å². The molecule has 1 aliphatic heterocycles. The van der Waals surface area contributed by atoms with Gasteiger partial charge in [-0.3, -0.25) is 0 Å². The van der Waals surface area contributed by atoms with Crippen molar-refractivity contribution in [1.82, 2.24) is 9.88 Å². The van der Waals surface area contributed by atoms with Gasteiger partial charge >= 0.3 is 6.03 Å². The number of nitrogens with one attached hydrogen (secondary N) is 1. The molecule has 0 aliphatic carbocycles. The first kappa shape index (κ1) is 19.4. The maximum atomic E-state index is 12.9. The average molecular weight is 412 g/mol. The molecule has 1 N–H and O–H groups in total. The van der Waals surface area contributed by atoms with Gasteiger partial charge in [-0.25, -0.2) is 9.78 Å². The fourth-order valence-electron chi connectivity index (χ4n) is 4.25. The van der Waals surface area contributed by atoms with E-state index in [0.717, 1.165) is 40.8 Å². The lowest BCUT2D eigenvalue weighted by Crippen LogP contribution is -2.34. The third-order valence-corrected chi connectivity index (χ3v) is 5.96. The van der Waals surface area contributed by atoms with Crippen molar-refractivity contribution in [3.05, 3.63) is 83.7 Å². The Balaban J connectivity index is 1.40. The fraction of sp³-hybridized carbons (Fsp3) is 0.231. The van der Waals surface area contributed by atoms with Crippen LogP contribution in [-0.4, -0.2) is 22.5 Å². The predicted octanol–water partition coefficient (Wildman–Crippen LogP) is 6.48. The van der Waals surface area contributed by atoms with Crippen LogP contribution in [0.3, 0.4) is 0 Å². The number of likely N-dealkylation sites (tertiary alicyclic amines) is 1. The van der Waals surface area contributed by atoms with Crippen LogP contribution in [0.4, 0.5) is 10.5 Å². The Labute approximate surface area is 181 Å². The zero-order valence-electron chi connectivity index (χ0n) is 17.8. The van der Waals surface area contributed by atoms with Crippen molar-refractivity contribution in [3.63, 3.8) is 0 Å². The van der Waals surface area contributed by atoms with Crippen LogP contribution < -0.4 is 5.32 Å². The molecule has 2 amide bonds. The van der Waals surface area contributed by atoms with Crippen LogP contribution in [0.1, 0.15) is 35.9 Å². The molecule has 156 valence electrons. The molecule has 1 saturated heterocycles. The van der Waals surface area contributed by atoms with Crippen LogP contribution in [-0.2, 0) is 0 Å². The number of rotatable bonds is 3. The molecule has 5 rings (SSSR count). The molecule has 0 spiro atoms. The monoisotopic (exact) mass is 411 g/mol. The maximum Gasteiger partial charge on any atom is 0.322 e. The Morgan fingerprint density at radius 2 is 1.87 bits per heavy atom. The summed E-state index contributed by atoms with van der Waals surface area (Å²) in [6, 6.07) is 22.0. The quantitative estimate of drug-likeness (QED) is 0.420. The van der Waals surface area contributed by atoms with E-state index in [1.165, 1.54) is 11.1 Å². The molecule has 1 aromatic heterocycles. The van der Waals surface area contributed by atoms with Gasteiger partial charge in [0.25, 0.3) is 0 Å². The predicted molar refractivity (Wildman–Crippen MR) is 123 cm³/mol. The van der Waals surface area contributed by atoms with Crippen LogP contribution in [0.15, 0.2) is 71.1 Å². The lowest BCUT2D eigenvalue weighted by Gasteiger charge is -2.22. The average Bonchev–Trinajstić information content (AvgIpc) is 3.42. The number of carbonyl (C=O) groups excluding carboxylic acids is 1. The van der Waals surface area contributed by atoms with E-state index in [2.05, 4.69) is 36.5 Å². The van der Waals surface area contributed by atoms with Gasteiger partial charge in [0.15, 0.2) is 5.58 Å². The summed E-state index contributed by atoms with van der Waals surface area (Å²) in [6.45, 7) is 4.83. The van der Waals surface area contributed by atoms with Gasteiger partial charge in [-0.2, -0.15) is 0 Å². The van der Waals surface area contributed by atoms with Crippen molar-refractivity contribution in [2.24, 2.45) is 0 Å². The molecule has 5 nitrogen and oxygen atoms in total. The van der Waals surface area contributed by atoms with Crippen molar-refractivity contribution >= 4 is 22.8 Å². The summed E-state index contributed by atoms with van der Waals surface area (Å²) in [6.07, 6.45) is 1.78. The van der Waals surface area contributed by atoms with E-state index in [4.69, 9.17) is 9.40 Å². The first-order valence-corrected chi connectivity index (χ1v) is 10.7. The summed E-state index contributed by atoms with van der Waals surface area (Å²) >= 11 is 0. The van der Waals surface area contributed by atoms with E-state index in [1.807, 2.05) is 54.3 Å². The van der Waals surface area contributed by atoms with Crippen LogP contribution in [0.2, 0.25) is 0 Å². The summed E-state index contributed by atoms with van der Waals surface area (Å²) in [5, 5.41) is 3.00. The highest BCUT2D eigenvalue weighted by atomic mass is 16.4. The maximum absolute atomic E-state index is 12.9. The van der Waals surface area contributed by atoms with Crippen molar-refractivity contribution in [2.75, 3.05) is 11.9 Å². The molecule has 1 aliphatic rings. The normalized spacial score (nSPS) is 16.1. The summed E-state index contributed by atoms with van der Waals surface area (Å²) in [7, 11) is 0. The van der Waals surface area contributed by atoms with Gasteiger partial charge in [0, 0.05) is 12.2 Å². The second kappa shape index (κ2) is 7.91. The lowest BCUT2D eigenvalue weighted by atomic mass is 10.0. The molecule has 0 radical (unpaired) electrons. The molecule has 0 bridgehead atoms. The van der Waals surface area contributed by atoms with Crippen LogP contribution in [0, 0.1) is 13.8 Å². The Bertz CT molecular complexity index is 1240. The minimum absolute atomic E-state index is 0.116. The van der Waals surface area contributed by atoms with Gasteiger partial charge < -0.3 is 14.6 Å². The first-order chi connectivity index (χ1) is 15.1. The Kier molecular flexibility index (Phi) is 4.94. The van der Waals surface area contributed by atoms with E-state index < -0.39 is 0 Å². The lowest BCUT2D eigenvalue weighted by molar-refractivity contribution is 0.199. The van der Waals surface area contributed by atoms with Gasteiger partial charge in [0.2, 0.25) is 5.89 Å². The number of nitrogens with zero attached hydrogens (tertiary/aromatic N) is 2. The van der Waals surface area contributed by atoms with Crippen molar-refractivity contribution in [3.8, 4) is 11.1 Å². The minimum atomic E-state index is -0.153. The standard InChI is InChI=1S/C26H25N3O2/c1-17-9-12-20(13-10-17)27-26(30)29-15-5-8-23(29)25-28-22-16-19(11-14-24(22)31-25)21-7-4-3-6-18(21)2/h3-4,6-7,9-14,16,23H,5,8,15H2,1-2H3,(H,27,30). The second-order valence-corrected chi connectivity index (χ2v) is 8.20. The van der Waals surface area contributed by atoms with E-state index in [1.54, 1.807) is 0 Å². The summed E-state index contributed by atoms with van der Waals surface area (Å²) in [5.74, 6) is 0.605. The molecule has 5 heteroatoms. The molecule has 1 atom stereocenters. The molecule has 1 unspecified atom stereocenters. The van der Waals surface area contributed by atoms with Crippen molar-refractivity contribution in [1.29, 1.82) is 0 Å². The SMILES string of the molecule is Cc1ccc(NC(=O)N2CCCC2c2nc3cc(-c4ccccc4C)ccc3o2)cc1. The van der Waals surface area contributed by atoms with Crippen LogP contribution in [0.5, 0.6) is 0 Å². The zero-order valence-corrected chi connectivity index (χ0v) is 17.8. The number of carbonyl (C=O) groups is 1. The largest absolute Gasteiger partial charge is 0.438 e. The molecular weight excluding hydrogens is 386 g/mol. The number of amides is 2. The summed E-state index contributed by atoms with van der Waals surface area (Å²) in [5.41, 5.74) is 7.05. The number of aryl methyl sites for hydroxylation is 2. The number of benzene rings is 3. The molecule has 2 heterocycles. The highest BCUT2D eigenvalue weighted by Gasteiger charge is 2.33. The van der Waals surface area contributed by atoms with Gasteiger partial charge in [0.05, 0.1) is 0 Å². The van der Waals surface area contributed by atoms with Gasteiger partial charge in [-0.1, -0.05) is 48.0 Å². The number of hydrogen-bond donors (Lipinski definition) is 1. The number of fused-ring (bicyclic) bond motifs is 1. The third kappa shape index (κ3) is 3.79.